The minimum atomic E-state index is -1.15. The summed E-state index contributed by atoms with van der Waals surface area (Å²) >= 11 is 5.27. The van der Waals surface area contributed by atoms with Gasteiger partial charge in [0, 0.05) is 5.56 Å². The van der Waals surface area contributed by atoms with Gasteiger partial charge in [-0.3, -0.25) is 0 Å². The average Bonchev–Trinajstić information content (AvgIpc) is 2.08. The summed E-state index contributed by atoms with van der Waals surface area (Å²) in [6, 6.07) is 2.88. The smallest absolute Gasteiger partial charge is 0.129 e. The van der Waals surface area contributed by atoms with Crippen molar-refractivity contribution in [3.05, 3.63) is 35.4 Å². The van der Waals surface area contributed by atoms with Crippen LogP contribution < -0.4 is 0 Å². The molecule has 0 unspecified atom stereocenters. The number of benzene rings is 1. The van der Waals surface area contributed by atoms with Gasteiger partial charge < -0.3 is 5.11 Å². The molecule has 0 bridgehead atoms. The second kappa shape index (κ2) is 3.83. The van der Waals surface area contributed by atoms with Crippen LogP contribution in [0.5, 0.6) is 0 Å². The first-order chi connectivity index (χ1) is 5.65. The monoisotopic (exact) mass is 192 g/mol. The summed E-state index contributed by atoms with van der Waals surface area (Å²) in [6.07, 6.45) is -1.15. The molecule has 1 atom stereocenters. The summed E-state index contributed by atoms with van der Waals surface area (Å²) in [4.78, 5) is 0. The Labute approximate surface area is 73.6 Å². The van der Waals surface area contributed by atoms with Crippen LogP contribution in [0.15, 0.2) is 18.2 Å². The molecular formula is C8H7ClF2O. The highest BCUT2D eigenvalue weighted by atomic mass is 35.5. The molecular weight excluding hydrogens is 186 g/mol. The number of alkyl halides is 1. The average molecular weight is 193 g/mol. The van der Waals surface area contributed by atoms with Crippen LogP contribution in [0.4, 0.5) is 8.78 Å². The van der Waals surface area contributed by atoms with E-state index in [1.807, 2.05) is 0 Å². The molecule has 1 N–H and O–H groups in total. The van der Waals surface area contributed by atoms with Crippen LogP contribution in [0.2, 0.25) is 0 Å². The number of rotatable bonds is 2. The summed E-state index contributed by atoms with van der Waals surface area (Å²) in [6.45, 7) is 0. The quantitative estimate of drug-likeness (QED) is 0.713. The van der Waals surface area contributed by atoms with Crippen molar-refractivity contribution in [1.82, 2.24) is 0 Å². The van der Waals surface area contributed by atoms with Gasteiger partial charge in [-0.1, -0.05) is 0 Å². The molecule has 0 radical (unpaired) electrons. The first-order valence-electron chi connectivity index (χ1n) is 3.34. The van der Waals surface area contributed by atoms with Gasteiger partial charge in [-0.05, 0) is 18.2 Å². The maximum Gasteiger partial charge on any atom is 0.129 e. The first-order valence-corrected chi connectivity index (χ1v) is 3.87. The Balaban J connectivity index is 3.04. The topological polar surface area (TPSA) is 20.2 Å². The highest BCUT2D eigenvalue weighted by Gasteiger charge is 2.11. The lowest BCUT2D eigenvalue weighted by Crippen LogP contribution is -2.02. The minimum absolute atomic E-state index is 0.106. The van der Waals surface area contributed by atoms with Crippen molar-refractivity contribution in [2.24, 2.45) is 0 Å². The molecule has 0 aliphatic carbocycles. The SMILES string of the molecule is O[C@@H](CCl)c1cc(F)ccc1F. The molecule has 0 spiro atoms. The summed E-state index contributed by atoms with van der Waals surface area (Å²) in [7, 11) is 0. The highest BCUT2D eigenvalue weighted by Crippen LogP contribution is 2.18. The Bertz CT molecular complexity index is 278. The second-order valence-corrected chi connectivity index (χ2v) is 2.64. The molecule has 0 aliphatic rings. The Hall–Kier alpha value is -0.670. The second-order valence-electron chi connectivity index (χ2n) is 2.34. The van der Waals surface area contributed by atoms with Gasteiger partial charge in [0.15, 0.2) is 0 Å². The van der Waals surface area contributed by atoms with Crippen LogP contribution in [0, 0.1) is 11.6 Å². The fourth-order valence-electron chi connectivity index (χ4n) is 0.853. The van der Waals surface area contributed by atoms with Crippen molar-refractivity contribution in [2.45, 2.75) is 6.10 Å². The summed E-state index contributed by atoms with van der Waals surface area (Å²) in [5, 5.41) is 9.10. The molecule has 0 aliphatic heterocycles. The Morgan fingerprint density at radius 2 is 2.08 bits per heavy atom. The van der Waals surface area contributed by atoms with Gasteiger partial charge in [-0.2, -0.15) is 0 Å². The number of hydrogen-bond donors (Lipinski definition) is 1. The minimum Gasteiger partial charge on any atom is -0.387 e. The van der Waals surface area contributed by atoms with Gasteiger partial charge in [0.05, 0.1) is 12.0 Å². The molecule has 1 aromatic rings. The zero-order valence-corrected chi connectivity index (χ0v) is 6.85. The van der Waals surface area contributed by atoms with E-state index in [1.54, 1.807) is 0 Å². The molecule has 1 aromatic carbocycles. The van der Waals surface area contributed by atoms with Gasteiger partial charge in [0.2, 0.25) is 0 Å². The summed E-state index contributed by atoms with van der Waals surface area (Å²) in [5.74, 6) is -1.39. The number of hydrogen-bond acceptors (Lipinski definition) is 1. The van der Waals surface area contributed by atoms with Gasteiger partial charge in [0.1, 0.15) is 11.6 Å². The lowest BCUT2D eigenvalue weighted by atomic mass is 10.1. The Morgan fingerprint density at radius 1 is 1.42 bits per heavy atom. The predicted molar refractivity (Wildman–Crippen MR) is 42.0 cm³/mol. The summed E-state index contributed by atoms with van der Waals surface area (Å²) < 4.78 is 25.3. The number of halogens is 3. The fourth-order valence-corrected chi connectivity index (χ4v) is 1.02. The van der Waals surface area contributed by atoms with Gasteiger partial charge in [0.25, 0.3) is 0 Å². The maximum atomic E-state index is 12.8. The summed E-state index contributed by atoms with van der Waals surface area (Å²) in [5.41, 5.74) is -0.106. The fraction of sp³-hybridized carbons (Fsp3) is 0.250. The van der Waals surface area contributed by atoms with Gasteiger partial charge in [-0.25, -0.2) is 8.78 Å². The zero-order chi connectivity index (χ0) is 9.14. The van der Waals surface area contributed by atoms with E-state index < -0.39 is 17.7 Å². The molecule has 0 heterocycles. The van der Waals surface area contributed by atoms with Crippen LogP contribution >= 0.6 is 11.6 Å². The van der Waals surface area contributed by atoms with Crippen molar-refractivity contribution >= 4 is 11.6 Å². The third kappa shape index (κ3) is 1.93. The van der Waals surface area contributed by atoms with E-state index in [-0.39, 0.29) is 11.4 Å². The van der Waals surface area contributed by atoms with E-state index in [2.05, 4.69) is 0 Å². The van der Waals surface area contributed by atoms with E-state index >= 15 is 0 Å². The Morgan fingerprint density at radius 3 is 2.67 bits per heavy atom. The largest absolute Gasteiger partial charge is 0.387 e. The first kappa shape index (κ1) is 9.42. The normalized spacial score (nSPS) is 13.0. The molecule has 0 saturated heterocycles. The van der Waals surface area contributed by atoms with Crippen LogP contribution in [0.25, 0.3) is 0 Å². The van der Waals surface area contributed by atoms with E-state index in [1.165, 1.54) is 0 Å². The molecule has 0 aromatic heterocycles. The molecule has 66 valence electrons. The van der Waals surface area contributed by atoms with Crippen molar-refractivity contribution in [2.75, 3.05) is 5.88 Å². The molecule has 0 fully saturated rings. The maximum absolute atomic E-state index is 12.8. The van der Waals surface area contributed by atoms with Crippen molar-refractivity contribution in [3.8, 4) is 0 Å². The van der Waals surface area contributed by atoms with E-state index in [4.69, 9.17) is 16.7 Å². The zero-order valence-electron chi connectivity index (χ0n) is 6.10. The van der Waals surface area contributed by atoms with Crippen LogP contribution in [0.1, 0.15) is 11.7 Å². The van der Waals surface area contributed by atoms with Crippen LogP contribution in [-0.4, -0.2) is 11.0 Å². The number of aliphatic hydroxyl groups excluding tert-OH is 1. The van der Waals surface area contributed by atoms with E-state index in [0.29, 0.717) is 0 Å². The molecule has 1 nitrogen and oxygen atoms in total. The molecule has 0 amide bonds. The Kier molecular flexibility index (Phi) is 3.00. The molecule has 0 saturated carbocycles. The molecule has 12 heavy (non-hydrogen) atoms. The van der Waals surface area contributed by atoms with Gasteiger partial charge >= 0.3 is 0 Å². The van der Waals surface area contributed by atoms with Crippen molar-refractivity contribution < 1.29 is 13.9 Å². The third-order valence-electron chi connectivity index (χ3n) is 1.46. The van der Waals surface area contributed by atoms with Crippen molar-refractivity contribution in [1.29, 1.82) is 0 Å². The lowest BCUT2D eigenvalue weighted by molar-refractivity contribution is 0.197. The lowest BCUT2D eigenvalue weighted by Gasteiger charge is -2.07. The van der Waals surface area contributed by atoms with Crippen LogP contribution in [0.3, 0.4) is 0 Å². The van der Waals surface area contributed by atoms with Gasteiger partial charge in [-0.15, -0.1) is 11.6 Å². The van der Waals surface area contributed by atoms with Crippen molar-refractivity contribution in [3.63, 3.8) is 0 Å². The predicted octanol–water partition coefficient (Wildman–Crippen LogP) is 2.24. The highest BCUT2D eigenvalue weighted by molar-refractivity contribution is 6.18. The molecule has 4 heteroatoms. The van der Waals surface area contributed by atoms with Crippen LogP contribution in [-0.2, 0) is 0 Å². The number of aliphatic hydroxyl groups is 1. The third-order valence-corrected chi connectivity index (χ3v) is 1.76. The molecule has 1 rings (SSSR count). The van der Waals surface area contributed by atoms with E-state index in [9.17, 15) is 8.78 Å². The van der Waals surface area contributed by atoms with E-state index in [0.717, 1.165) is 18.2 Å². The standard InChI is InChI=1S/C8H7ClF2O/c9-4-8(12)6-3-5(10)1-2-7(6)11/h1-3,8,12H,4H2/t8-/m0/s1.